The topological polar surface area (TPSA) is 66.6 Å². The number of nitrogens with two attached hydrogens (primary N) is 1. The first-order valence-electron chi connectivity index (χ1n) is 5.94. The summed E-state index contributed by atoms with van der Waals surface area (Å²) in [6.07, 6.45) is -0.251. The lowest BCUT2D eigenvalue weighted by atomic mass is 10.1. The highest BCUT2D eigenvalue weighted by Crippen LogP contribution is 2.21. The number of amides is 1. The number of β-amino-alcohol motifs (C(OH)–C–C–N with tert-alkyl or cyclic N) is 1. The summed E-state index contributed by atoms with van der Waals surface area (Å²) in [6, 6.07) is 4.47. The maximum atomic E-state index is 13.7. The maximum absolute atomic E-state index is 13.7. The summed E-state index contributed by atoms with van der Waals surface area (Å²) >= 11 is 0. The second kappa shape index (κ2) is 5.04. The molecule has 5 heteroatoms. The Hall–Kier alpha value is -1.46. The van der Waals surface area contributed by atoms with Crippen LogP contribution >= 0.6 is 0 Å². The molecule has 4 nitrogen and oxygen atoms in total. The fraction of sp³-hybridized carbons (Fsp3) is 0.462. The van der Waals surface area contributed by atoms with Crippen LogP contribution in [0.15, 0.2) is 18.2 Å². The Labute approximate surface area is 105 Å². The summed E-state index contributed by atoms with van der Waals surface area (Å²) in [5.41, 5.74) is 6.65. The lowest BCUT2D eigenvalue weighted by Crippen LogP contribution is -2.39. The standard InChI is InChI=1S/C13H17FN2O2/c1-8-2-3-9(11(14)4-8)6-16-7-10(17)5-12(16)13(15)18/h2-4,10,12,17H,5-7H2,1H3,(H2,15,18)/t10-,12+/m1/s1. The van der Waals surface area contributed by atoms with Gasteiger partial charge in [-0.05, 0) is 25.0 Å². The molecule has 2 atom stereocenters. The molecule has 1 aliphatic heterocycles. The van der Waals surface area contributed by atoms with E-state index in [4.69, 9.17) is 5.73 Å². The lowest BCUT2D eigenvalue weighted by Gasteiger charge is -2.21. The molecule has 0 bridgehead atoms. The Morgan fingerprint density at radius 3 is 2.94 bits per heavy atom. The number of likely N-dealkylation sites (tertiary alicyclic amines) is 1. The Kier molecular flexibility index (Phi) is 3.63. The molecular weight excluding hydrogens is 235 g/mol. The number of hydrogen-bond donors (Lipinski definition) is 2. The quantitative estimate of drug-likeness (QED) is 0.825. The van der Waals surface area contributed by atoms with Crippen LogP contribution in [0.4, 0.5) is 4.39 Å². The third kappa shape index (κ3) is 2.68. The number of hydrogen-bond acceptors (Lipinski definition) is 3. The van der Waals surface area contributed by atoms with Crippen molar-refractivity contribution >= 4 is 5.91 Å². The third-order valence-electron chi connectivity index (χ3n) is 3.29. The number of aliphatic hydroxyl groups is 1. The van der Waals surface area contributed by atoms with Gasteiger partial charge < -0.3 is 10.8 Å². The van der Waals surface area contributed by atoms with Gasteiger partial charge >= 0.3 is 0 Å². The van der Waals surface area contributed by atoms with Crippen LogP contribution < -0.4 is 5.73 Å². The number of carbonyl (C=O) groups excluding carboxylic acids is 1. The number of benzene rings is 1. The van der Waals surface area contributed by atoms with Crippen molar-refractivity contribution in [3.8, 4) is 0 Å². The highest BCUT2D eigenvalue weighted by Gasteiger charge is 2.34. The molecule has 0 radical (unpaired) electrons. The van der Waals surface area contributed by atoms with Crippen LogP contribution in [-0.2, 0) is 11.3 Å². The average Bonchev–Trinajstić information content (AvgIpc) is 2.64. The molecular formula is C13H17FN2O2. The van der Waals surface area contributed by atoms with Gasteiger partial charge in [-0.25, -0.2) is 4.39 Å². The number of primary amides is 1. The first kappa shape index (κ1) is 13.0. The fourth-order valence-corrected chi connectivity index (χ4v) is 2.35. The molecule has 1 aliphatic rings. The number of rotatable bonds is 3. The van der Waals surface area contributed by atoms with Crippen LogP contribution in [0.5, 0.6) is 0 Å². The van der Waals surface area contributed by atoms with Crippen molar-refractivity contribution in [2.24, 2.45) is 5.73 Å². The minimum atomic E-state index is -0.573. The Balaban J connectivity index is 2.15. The number of aryl methyl sites for hydroxylation is 1. The monoisotopic (exact) mass is 252 g/mol. The van der Waals surface area contributed by atoms with E-state index in [1.165, 1.54) is 6.07 Å². The molecule has 0 spiro atoms. The smallest absolute Gasteiger partial charge is 0.234 e. The van der Waals surface area contributed by atoms with Crippen LogP contribution in [0.25, 0.3) is 0 Å². The molecule has 0 aromatic heterocycles. The molecule has 0 aliphatic carbocycles. The van der Waals surface area contributed by atoms with Gasteiger partial charge in [-0.2, -0.15) is 0 Å². The van der Waals surface area contributed by atoms with Crippen LogP contribution in [0.3, 0.4) is 0 Å². The van der Waals surface area contributed by atoms with E-state index in [9.17, 15) is 14.3 Å². The molecule has 1 aromatic carbocycles. The highest BCUT2D eigenvalue weighted by atomic mass is 19.1. The fourth-order valence-electron chi connectivity index (χ4n) is 2.35. The zero-order chi connectivity index (χ0) is 13.3. The zero-order valence-electron chi connectivity index (χ0n) is 10.3. The van der Waals surface area contributed by atoms with Gasteiger partial charge in [0, 0.05) is 18.7 Å². The van der Waals surface area contributed by atoms with Gasteiger partial charge in [0.2, 0.25) is 5.91 Å². The van der Waals surface area contributed by atoms with E-state index in [-0.39, 0.29) is 12.4 Å². The predicted molar refractivity (Wildman–Crippen MR) is 65.2 cm³/mol. The van der Waals surface area contributed by atoms with Gasteiger partial charge in [-0.3, -0.25) is 9.69 Å². The summed E-state index contributed by atoms with van der Waals surface area (Å²) in [6.45, 7) is 2.45. The van der Waals surface area contributed by atoms with E-state index < -0.39 is 18.1 Å². The van der Waals surface area contributed by atoms with Crippen molar-refractivity contribution in [2.75, 3.05) is 6.54 Å². The minimum absolute atomic E-state index is 0.288. The van der Waals surface area contributed by atoms with Crippen molar-refractivity contribution in [1.29, 1.82) is 0 Å². The summed E-state index contributed by atoms with van der Waals surface area (Å²) in [5, 5.41) is 9.57. The average molecular weight is 252 g/mol. The maximum Gasteiger partial charge on any atom is 0.234 e. The summed E-state index contributed by atoms with van der Waals surface area (Å²) in [7, 11) is 0. The normalized spacial score (nSPS) is 24.4. The van der Waals surface area contributed by atoms with Crippen molar-refractivity contribution in [3.05, 3.63) is 35.1 Å². The molecule has 1 amide bonds. The van der Waals surface area contributed by atoms with E-state index in [1.54, 1.807) is 11.0 Å². The Morgan fingerprint density at radius 1 is 1.61 bits per heavy atom. The van der Waals surface area contributed by atoms with Crippen molar-refractivity contribution in [2.45, 2.75) is 32.0 Å². The van der Waals surface area contributed by atoms with Crippen LogP contribution in [0.1, 0.15) is 17.5 Å². The van der Waals surface area contributed by atoms with Gasteiger partial charge in [0.15, 0.2) is 0 Å². The van der Waals surface area contributed by atoms with Crippen molar-refractivity contribution in [3.63, 3.8) is 0 Å². The predicted octanol–water partition coefficient (Wildman–Crippen LogP) is 0.555. The molecule has 2 rings (SSSR count). The summed E-state index contributed by atoms with van der Waals surface area (Å²) < 4.78 is 13.7. The largest absolute Gasteiger partial charge is 0.392 e. The van der Waals surface area contributed by atoms with Gasteiger partial charge in [0.1, 0.15) is 5.82 Å². The van der Waals surface area contributed by atoms with Gasteiger partial charge in [-0.1, -0.05) is 12.1 Å². The molecule has 98 valence electrons. The number of carbonyl (C=O) groups is 1. The molecule has 18 heavy (non-hydrogen) atoms. The van der Waals surface area contributed by atoms with Crippen LogP contribution in [0.2, 0.25) is 0 Å². The first-order chi connectivity index (χ1) is 8.47. The van der Waals surface area contributed by atoms with Crippen LogP contribution in [-0.4, -0.2) is 34.6 Å². The van der Waals surface area contributed by atoms with E-state index in [2.05, 4.69) is 0 Å². The SMILES string of the molecule is Cc1ccc(CN2C[C@H](O)C[C@H]2C(N)=O)c(F)c1. The van der Waals surface area contributed by atoms with Gasteiger partial charge in [0.05, 0.1) is 12.1 Å². The second-order valence-electron chi connectivity index (χ2n) is 4.83. The summed E-state index contributed by atoms with van der Waals surface area (Å²) in [5.74, 6) is -0.765. The van der Waals surface area contributed by atoms with E-state index >= 15 is 0 Å². The first-order valence-corrected chi connectivity index (χ1v) is 5.94. The number of nitrogens with zero attached hydrogens (tertiary/aromatic N) is 1. The van der Waals surface area contributed by atoms with E-state index in [0.29, 0.717) is 18.5 Å². The highest BCUT2D eigenvalue weighted by molar-refractivity contribution is 5.80. The van der Waals surface area contributed by atoms with Crippen LogP contribution in [0, 0.1) is 12.7 Å². The molecule has 3 N–H and O–H groups in total. The van der Waals surface area contributed by atoms with Gasteiger partial charge in [-0.15, -0.1) is 0 Å². The van der Waals surface area contributed by atoms with Crippen molar-refractivity contribution < 1.29 is 14.3 Å². The van der Waals surface area contributed by atoms with E-state index in [0.717, 1.165) is 5.56 Å². The number of halogens is 1. The van der Waals surface area contributed by atoms with E-state index in [1.807, 2.05) is 13.0 Å². The minimum Gasteiger partial charge on any atom is -0.392 e. The Bertz CT molecular complexity index is 464. The third-order valence-corrected chi connectivity index (χ3v) is 3.29. The Morgan fingerprint density at radius 2 is 2.33 bits per heavy atom. The molecule has 1 fully saturated rings. The second-order valence-corrected chi connectivity index (χ2v) is 4.83. The van der Waals surface area contributed by atoms with Gasteiger partial charge in [0.25, 0.3) is 0 Å². The molecule has 0 saturated carbocycles. The zero-order valence-corrected chi connectivity index (χ0v) is 10.3. The lowest BCUT2D eigenvalue weighted by molar-refractivity contribution is -0.122. The molecule has 0 unspecified atom stereocenters. The van der Waals surface area contributed by atoms with Crippen molar-refractivity contribution in [1.82, 2.24) is 4.90 Å². The molecule has 1 aromatic rings. The molecule has 1 saturated heterocycles. The molecule has 1 heterocycles. The summed E-state index contributed by atoms with van der Waals surface area (Å²) in [4.78, 5) is 13.0. The number of aliphatic hydroxyl groups excluding tert-OH is 1.